The van der Waals surface area contributed by atoms with Crippen LogP contribution in [0.25, 0.3) is 0 Å². The van der Waals surface area contributed by atoms with Crippen molar-refractivity contribution < 1.29 is 14.2 Å². The first-order valence-corrected chi connectivity index (χ1v) is 9.83. The predicted molar refractivity (Wildman–Crippen MR) is 92.4 cm³/mol. The van der Waals surface area contributed by atoms with Crippen molar-refractivity contribution >= 4 is 0 Å². The average molecular weight is 325 g/mol. The molecule has 0 bridgehead atoms. The Balaban J connectivity index is 1.38. The van der Waals surface area contributed by atoms with Crippen molar-refractivity contribution in [3.63, 3.8) is 0 Å². The van der Waals surface area contributed by atoms with Crippen molar-refractivity contribution in [1.29, 1.82) is 0 Å². The Morgan fingerprint density at radius 1 is 0.783 bits per heavy atom. The largest absolute Gasteiger partial charge is 0.381 e. The molecule has 3 fully saturated rings. The summed E-state index contributed by atoms with van der Waals surface area (Å²) in [5, 5.41) is 0. The minimum absolute atomic E-state index is 0.487. The van der Waals surface area contributed by atoms with E-state index in [9.17, 15) is 0 Å². The van der Waals surface area contributed by atoms with Crippen molar-refractivity contribution in [2.24, 2.45) is 35.5 Å². The molecule has 0 aromatic heterocycles. The van der Waals surface area contributed by atoms with E-state index in [0.717, 1.165) is 56.0 Å². The normalized spacial score (nSPS) is 38.0. The fourth-order valence-corrected chi connectivity index (χ4v) is 4.56. The number of hydrogen-bond acceptors (Lipinski definition) is 3. The van der Waals surface area contributed by atoms with Gasteiger partial charge in [0.15, 0.2) is 0 Å². The summed E-state index contributed by atoms with van der Waals surface area (Å²) < 4.78 is 17.4. The first-order valence-electron chi connectivity index (χ1n) is 9.83. The lowest BCUT2D eigenvalue weighted by Gasteiger charge is -2.32. The molecule has 0 radical (unpaired) electrons. The van der Waals surface area contributed by atoms with Crippen LogP contribution in [0.15, 0.2) is 0 Å². The van der Waals surface area contributed by atoms with E-state index >= 15 is 0 Å². The van der Waals surface area contributed by atoms with E-state index in [1.807, 2.05) is 0 Å². The van der Waals surface area contributed by atoms with E-state index in [0.29, 0.717) is 18.1 Å². The summed E-state index contributed by atoms with van der Waals surface area (Å²) in [5.74, 6) is 4.47. The summed E-state index contributed by atoms with van der Waals surface area (Å²) in [6.45, 7) is 13.2. The van der Waals surface area contributed by atoms with Crippen LogP contribution >= 0.6 is 0 Å². The van der Waals surface area contributed by atoms with Gasteiger partial charge in [0.25, 0.3) is 0 Å². The van der Waals surface area contributed by atoms with E-state index in [-0.39, 0.29) is 0 Å². The van der Waals surface area contributed by atoms with Crippen molar-refractivity contribution in [3.05, 3.63) is 0 Å². The fraction of sp³-hybridized carbons (Fsp3) is 1.00. The highest BCUT2D eigenvalue weighted by molar-refractivity contribution is 4.84. The topological polar surface area (TPSA) is 27.7 Å². The lowest BCUT2D eigenvalue weighted by molar-refractivity contribution is -0.0662. The molecule has 3 aliphatic rings. The number of rotatable bonds is 7. The zero-order valence-electron chi connectivity index (χ0n) is 15.5. The third kappa shape index (κ3) is 4.49. The third-order valence-corrected chi connectivity index (χ3v) is 6.58. The first-order chi connectivity index (χ1) is 11.0. The molecule has 3 heteroatoms. The SMILES string of the molecule is CC(C)C1CC(CC(C)C2COC(CC(C)C3COC3)C2)CO1. The van der Waals surface area contributed by atoms with Crippen molar-refractivity contribution in [1.82, 2.24) is 0 Å². The lowest BCUT2D eigenvalue weighted by atomic mass is 9.81. The predicted octanol–water partition coefficient (Wildman–Crippen LogP) is 4.15. The van der Waals surface area contributed by atoms with Crippen LogP contribution in [0.2, 0.25) is 0 Å². The standard InChI is InChI=1S/C20H36O3/c1-13(2)20-7-16(9-23-20)5-14(3)17-8-19(22-12-17)6-15(4)18-10-21-11-18/h13-20H,5-12H2,1-4H3. The maximum absolute atomic E-state index is 6.13. The Kier molecular flexibility index (Phi) is 6.03. The Bertz CT molecular complexity index is 366. The van der Waals surface area contributed by atoms with Crippen molar-refractivity contribution in [2.45, 2.75) is 65.6 Å². The van der Waals surface area contributed by atoms with Crippen LogP contribution in [0.1, 0.15) is 53.4 Å². The van der Waals surface area contributed by atoms with Gasteiger partial charge in [-0.1, -0.05) is 27.7 Å². The second kappa shape index (κ2) is 7.84. The molecule has 23 heavy (non-hydrogen) atoms. The third-order valence-electron chi connectivity index (χ3n) is 6.58. The second-order valence-corrected chi connectivity index (χ2v) is 8.89. The molecule has 3 heterocycles. The van der Waals surface area contributed by atoms with Crippen LogP contribution in [-0.2, 0) is 14.2 Å². The smallest absolute Gasteiger partial charge is 0.0601 e. The first kappa shape index (κ1) is 17.7. The minimum atomic E-state index is 0.487. The van der Waals surface area contributed by atoms with Gasteiger partial charge in [0.2, 0.25) is 0 Å². The zero-order chi connectivity index (χ0) is 16.4. The van der Waals surface area contributed by atoms with Gasteiger partial charge in [0.1, 0.15) is 0 Å². The second-order valence-electron chi connectivity index (χ2n) is 8.89. The highest BCUT2D eigenvalue weighted by Crippen LogP contribution is 2.37. The summed E-state index contributed by atoms with van der Waals surface area (Å²) in [6, 6.07) is 0. The molecular weight excluding hydrogens is 288 g/mol. The molecule has 3 aliphatic heterocycles. The van der Waals surface area contributed by atoms with Crippen LogP contribution in [0.4, 0.5) is 0 Å². The fourth-order valence-electron chi connectivity index (χ4n) is 4.56. The molecule has 0 saturated carbocycles. The van der Waals surface area contributed by atoms with E-state index in [4.69, 9.17) is 14.2 Å². The van der Waals surface area contributed by atoms with Crippen LogP contribution in [0, 0.1) is 35.5 Å². The molecule has 0 amide bonds. The van der Waals surface area contributed by atoms with Gasteiger partial charge in [-0.25, -0.2) is 0 Å². The minimum Gasteiger partial charge on any atom is -0.381 e. The Labute approximate surface area is 142 Å². The molecule has 0 aliphatic carbocycles. The van der Waals surface area contributed by atoms with Crippen LogP contribution in [0.5, 0.6) is 0 Å². The molecule has 6 unspecified atom stereocenters. The van der Waals surface area contributed by atoms with E-state index in [1.165, 1.54) is 25.7 Å². The molecule has 0 aromatic rings. The molecule has 3 saturated heterocycles. The van der Waals surface area contributed by atoms with Crippen LogP contribution in [0.3, 0.4) is 0 Å². The lowest BCUT2D eigenvalue weighted by Crippen LogP contribution is -2.34. The van der Waals surface area contributed by atoms with E-state index < -0.39 is 0 Å². The number of hydrogen-bond donors (Lipinski definition) is 0. The van der Waals surface area contributed by atoms with E-state index in [2.05, 4.69) is 27.7 Å². The molecular formula is C20H36O3. The van der Waals surface area contributed by atoms with Crippen LogP contribution < -0.4 is 0 Å². The van der Waals surface area contributed by atoms with Gasteiger partial charge in [-0.05, 0) is 55.3 Å². The Morgan fingerprint density at radius 3 is 2.13 bits per heavy atom. The van der Waals surface area contributed by atoms with Gasteiger partial charge in [0, 0.05) is 12.5 Å². The number of ether oxygens (including phenoxy) is 3. The molecule has 134 valence electrons. The van der Waals surface area contributed by atoms with Gasteiger partial charge < -0.3 is 14.2 Å². The Hall–Kier alpha value is -0.120. The summed E-state index contributed by atoms with van der Waals surface area (Å²) in [7, 11) is 0. The summed E-state index contributed by atoms with van der Waals surface area (Å²) in [5.41, 5.74) is 0. The average Bonchev–Trinajstić information content (AvgIpc) is 3.05. The Morgan fingerprint density at radius 2 is 1.52 bits per heavy atom. The molecule has 3 nitrogen and oxygen atoms in total. The summed E-state index contributed by atoms with van der Waals surface area (Å²) in [4.78, 5) is 0. The highest BCUT2D eigenvalue weighted by atomic mass is 16.5. The zero-order valence-corrected chi connectivity index (χ0v) is 15.5. The van der Waals surface area contributed by atoms with E-state index in [1.54, 1.807) is 0 Å². The highest BCUT2D eigenvalue weighted by Gasteiger charge is 2.35. The van der Waals surface area contributed by atoms with Gasteiger partial charge in [-0.2, -0.15) is 0 Å². The van der Waals surface area contributed by atoms with Gasteiger partial charge in [0.05, 0.1) is 32.0 Å². The summed E-state index contributed by atoms with van der Waals surface area (Å²) >= 11 is 0. The van der Waals surface area contributed by atoms with Gasteiger partial charge >= 0.3 is 0 Å². The maximum Gasteiger partial charge on any atom is 0.0601 e. The molecule has 0 spiro atoms. The van der Waals surface area contributed by atoms with Crippen LogP contribution in [-0.4, -0.2) is 38.6 Å². The molecule has 0 N–H and O–H groups in total. The van der Waals surface area contributed by atoms with Crippen molar-refractivity contribution in [3.8, 4) is 0 Å². The molecule has 0 aromatic carbocycles. The summed E-state index contributed by atoms with van der Waals surface area (Å²) in [6.07, 6.45) is 6.04. The monoisotopic (exact) mass is 324 g/mol. The van der Waals surface area contributed by atoms with Crippen molar-refractivity contribution in [2.75, 3.05) is 26.4 Å². The molecule has 3 rings (SSSR count). The van der Waals surface area contributed by atoms with Gasteiger partial charge in [-0.3, -0.25) is 0 Å². The quantitative estimate of drug-likeness (QED) is 0.704. The van der Waals surface area contributed by atoms with Gasteiger partial charge in [-0.15, -0.1) is 0 Å². The molecule has 6 atom stereocenters. The maximum atomic E-state index is 6.13.